The Morgan fingerprint density at radius 2 is 1.88 bits per heavy atom. The van der Waals surface area contributed by atoms with Crippen molar-refractivity contribution < 1.29 is 14.3 Å². The Balaban J connectivity index is 1.59. The molecular formula is C26H24ClN3O3. The molecule has 1 aliphatic heterocycles. The summed E-state index contributed by atoms with van der Waals surface area (Å²) in [7, 11) is 1.52. The lowest BCUT2D eigenvalue weighted by atomic mass is 10.0. The Morgan fingerprint density at radius 3 is 2.61 bits per heavy atom. The number of nitrogens with one attached hydrogen (secondary N) is 1. The van der Waals surface area contributed by atoms with Gasteiger partial charge in [0.25, 0.3) is 0 Å². The molecule has 2 amide bonds. The molecule has 3 aromatic rings. The van der Waals surface area contributed by atoms with Gasteiger partial charge >= 0.3 is 0 Å². The van der Waals surface area contributed by atoms with Gasteiger partial charge < -0.3 is 15.0 Å². The molecule has 7 heteroatoms. The molecule has 3 aromatic carbocycles. The second kappa shape index (κ2) is 9.46. The number of ether oxygens (including phenoxy) is 1. The summed E-state index contributed by atoms with van der Waals surface area (Å²) < 4.78 is 5.14. The van der Waals surface area contributed by atoms with Gasteiger partial charge in [0.1, 0.15) is 12.3 Å². The molecule has 0 radical (unpaired) electrons. The number of para-hydroxylation sites is 2. The topological polar surface area (TPSA) is 71.0 Å². The van der Waals surface area contributed by atoms with E-state index in [1.165, 1.54) is 17.6 Å². The van der Waals surface area contributed by atoms with Gasteiger partial charge in [0, 0.05) is 5.69 Å². The first-order valence-electron chi connectivity index (χ1n) is 10.5. The summed E-state index contributed by atoms with van der Waals surface area (Å²) in [4.78, 5) is 32.4. The molecule has 4 rings (SSSR count). The first-order chi connectivity index (χ1) is 15.9. The fourth-order valence-corrected chi connectivity index (χ4v) is 3.95. The number of anilines is 2. The Hall–Kier alpha value is -3.64. The van der Waals surface area contributed by atoms with Crippen LogP contribution >= 0.6 is 11.6 Å². The fourth-order valence-electron chi connectivity index (χ4n) is 3.69. The van der Waals surface area contributed by atoms with Crippen molar-refractivity contribution in [2.75, 3.05) is 23.9 Å². The first kappa shape index (κ1) is 22.6. The SMILES string of the molecule is COc1ccc(NC(=O)CN2C(=O)CC(c3ccc(C)c(C)c3)=Nc3ccccc32)cc1Cl. The van der Waals surface area contributed by atoms with Gasteiger partial charge in [-0.25, -0.2) is 0 Å². The third-order valence-electron chi connectivity index (χ3n) is 5.63. The molecule has 0 atom stereocenters. The van der Waals surface area contributed by atoms with Crippen LogP contribution in [0.5, 0.6) is 5.75 Å². The van der Waals surface area contributed by atoms with E-state index in [9.17, 15) is 9.59 Å². The number of aryl methyl sites for hydroxylation is 2. The van der Waals surface area contributed by atoms with Crippen LogP contribution in [0.2, 0.25) is 5.02 Å². The molecule has 1 aliphatic rings. The molecule has 0 aliphatic carbocycles. The maximum Gasteiger partial charge on any atom is 0.244 e. The van der Waals surface area contributed by atoms with E-state index in [0.717, 1.165) is 11.1 Å². The highest BCUT2D eigenvalue weighted by Crippen LogP contribution is 2.33. The maximum atomic E-state index is 13.3. The maximum absolute atomic E-state index is 13.3. The number of carbonyl (C=O) groups is 2. The van der Waals surface area contributed by atoms with Gasteiger partial charge in [0.15, 0.2) is 0 Å². The molecule has 0 bridgehead atoms. The third-order valence-corrected chi connectivity index (χ3v) is 5.92. The highest BCUT2D eigenvalue weighted by atomic mass is 35.5. The van der Waals surface area contributed by atoms with Crippen LogP contribution in [0.3, 0.4) is 0 Å². The van der Waals surface area contributed by atoms with E-state index in [-0.39, 0.29) is 24.8 Å². The molecule has 0 unspecified atom stereocenters. The van der Waals surface area contributed by atoms with Gasteiger partial charge in [-0.2, -0.15) is 0 Å². The highest BCUT2D eigenvalue weighted by Gasteiger charge is 2.26. The van der Waals surface area contributed by atoms with Crippen molar-refractivity contribution in [2.45, 2.75) is 20.3 Å². The van der Waals surface area contributed by atoms with E-state index in [0.29, 0.717) is 33.5 Å². The van der Waals surface area contributed by atoms with Crippen LogP contribution in [0, 0.1) is 13.8 Å². The van der Waals surface area contributed by atoms with Crippen molar-refractivity contribution in [2.24, 2.45) is 4.99 Å². The van der Waals surface area contributed by atoms with Crippen LogP contribution in [0.4, 0.5) is 17.1 Å². The molecule has 168 valence electrons. The minimum Gasteiger partial charge on any atom is -0.495 e. The lowest BCUT2D eigenvalue weighted by molar-refractivity contribution is -0.120. The minimum absolute atomic E-state index is 0.0961. The Kier molecular flexibility index (Phi) is 6.47. The van der Waals surface area contributed by atoms with E-state index < -0.39 is 0 Å². The summed E-state index contributed by atoms with van der Waals surface area (Å²) in [5.41, 5.74) is 5.67. The summed E-state index contributed by atoms with van der Waals surface area (Å²) in [6, 6.07) is 18.4. The summed E-state index contributed by atoms with van der Waals surface area (Å²) in [5, 5.41) is 3.19. The van der Waals surface area contributed by atoms with Crippen LogP contribution in [-0.4, -0.2) is 31.2 Å². The number of hydrogen-bond donors (Lipinski definition) is 1. The van der Waals surface area contributed by atoms with Crippen molar-refractivity contribution >= 4 is 46.2 Å². The normalized spacial score (nSPS) is 13.2. The molecule has 6 nitrogen and oxygen atoms in total. The van der Waals surface area contributed by atoms with Crippen molar-refractivity contribution in [1.29, 1.82) is 0 Å². The Bertz CT molecular complexity index is 1270. The smallest absolute Gasteiger partial charge is 0.244 e. The molecule has 1 heterocycles. The number of hydrogen-bond acceptors (Lipinski definition) is 4. The minimum atomic E-state index is -0.339. The standard InChI is InChI=1S/C26H24ClN3O3/c1-16-8-9-18(12-17(16)2)22-14-26(32)30(23-7-5-4-6-21(23)29-22)15-25(31)28-19-10-11-24(33-3)20(27)13-19/h4-13H,14-15H2,1-3H3,(H,28,31). The summed E-state index contributed by atoms with van der Waals surface area (Å²) >= 11 is 6.16. The van der Waals surface area contributed by atoms with Gasteiger partial charge in [0.05, 0.1) is 35.6 Å². The van der Waals surface area contributed by atoms with E-state index in [4.69, 9.17) is 21.3 Å². The van der Waals surface area contributed by atoms with Crippen LogP contribution in [0.15, 0.2) is 65.7 Å². The van der Waals surface area contributed by atoms with Crippen LogP contribution in [-0.2, 0) is 9.59 Å². The van der Waals surface area contributed by atoms with Crippen LogP contribution in [0.25, 0.3) is 0 Å². The Labute approximate surface area is 197 Å². The quantitative estimate of drug-likeness (QED) is 0.548. The van der Waals surface area contributed by atoms with Gasteiger partial charge in [-0.1, -0.05) is 35.9 Å². The number of methoxy groups -OCH3 is 1. The second-order valence-electron chi connectivity index (χ2n) is 7.90. The Morgan fingerprint density at radius 1 is 1.09 bits per heavy atom. The van der Waals surface area contributed by atoms with Gasteiger partial charge in [-0.15, -0.1) is 0 Å². The summed E-state index contributed by atoms with van der Waals surface area (Å²) in [6.07, 6.45) is 0.0961. The number of benzene rings is 3. The van der Waals surface area contributed by atoms with Gasteiger partial charge in [-0.05, 0) is 66.9 Å². The second-order valence-corrected chi connectivity index (χ2v) is 8.31. The number of nitrogens with zero attached hydrogens (tertiary/aromatic N) is 2. The molecular weight excluding hydrogens is 438 g/mol. The molecule has 0 saturated carbocycles. The van der Waals surface area contributed by atoms with Crippen molar-refractivity contribution in [3.05, 3.63) is 82.4 Å². The van der Waals surface area contributed by atoms with E-state index in [1.807, 2.05) is 50.2 Å². The monoisotopic (exact) mass is 461 g/mol. The molecule has 1 N–H and O–H groups in total. The lowest BCUT2D eigenvalue weighted by Gasteiger charge is -2.22. The van der Waals surface area contributed by atoms with Gasteiger partial charge in [-0.3, -0.25) is 14.6 Å². The van der Waals surface area contributed by atoms with E-state index >= 15 is 0 Å². The first-order valence-corrected chi connectivity index (χ1v) is 10.9. The predicted octanol–water partition coefficient (Wildman–Crippen LogP) is 5.46. The molecule has 0 aromatic heterocycles. The number of halogens is 1. The molecule has 0 spiro atoms. The lowest BCUT2D eigenvalue weighted by Crippen LogP contribution is -2.38. The average molecular weight is 462 g/mol. The number of fused-ring (bicyclic) bond motifs is 1. The predicted molar refractivity (Wildman–Crippen MR) is 132 cm³/mol. The van der Waals surface area contributed by atoms with E-state index in [1.54, 1.807) is 24.3 Å². The van der Waals surface area contributed by atoms with Crippen LogP contribution in [0.1, 0.15) is 23.1 Å². The molecule has 0 fully saturated rings. The number of amides is 2. The van der Waals surface area contributed by atoms with Gasteiger partial charge in [0.2, 0.25) is 11.8 Å². The van der Waals surface area contributed by atoms with Crippen molar-refractivity contribution in [3.63, 3.8) is 0 Å². The summed E-state index contributed by atoms with van der Waals surface area (Å²) in [5.74, 6) is -0.0174. The largest absolute Gasteiger partial charge is 0.495 e. The zero-order valence-electron chi connectivity index (χ0n) is 18.7. The number of carbonyl (C=O) groups excluding carboxylic acids is 2. The molecule has 33 heavy (non-hydrogen) atoms. The number of rotatable bonds is 5. The summed E-state index contributed by atoms with van der Waals surface area (Å²) in [6.45, 7) is 3.94. The van der Waals surface area contributed by atoms with Crippen LogP contribution < -0.4 is 15.0 Å². The molecule has 0 saturated heterocycles. The van der Waals surface area contributed by atoms with Crippen molar-refractivity contribution in [1.82, 2.24) is 0 Å². The zero-order valence-corrected chi connectivity index (χ0v) is 19.4. The highest BCUT2D eigenvalue weighted by molar-refractivity contribution is 6.32. The van der Waals surface area contributed by atoms with Crippen molar-refractivity contribution in [3.8, 4) is 5.75 Å². The zero-order chi connectivity index (χ0) is 23.5. The fraction of sp³-hybridized carbons (Fsp3) is 0.192. The third kappa shape index (κ3) is 4.91. The number of aliphatic imine (C=N–C) groups is 1. The van der Waals surface area contributed by atoms with E-state index in [2.05, 4.69) is 5.32 Å². The average Bonchev–Trinajstić information content (AvgIpc) is 2.92.